The summed E-state index contributed by atoms with van der Waals surface area (Å²) in [5.41, 5.74) is 0. The predicted molar refractivity (Wildman–Crippen MR) is 62.8 cm³/mol. The summed E-state index contributed by atoms with van der Waals surface area (Å²) in [6, 6.07) is 0. The predicted octanol–water partition coefficient (Wildman–Crippen LogP) is 2.63. The Hall–Kier alpha value is -1.06. The highest BCUT2D eigenvalue weighted by atomic mass is 16.5. The molecule has 0 amide bonds. The molecule has 0 spiro atoms. The zero-order chi connectivity index (χ0) is 11.5. The van der Waals surface area contributed by atoms with Gasteiger partial charge < -0.3 is 9.47 Å². The van der Waals surface area contributed by atoms with Crippen LogP contribution in [0.1, 0.15) is 38.5 Å². The molecule has 0 saturated carbocycles. The van der Waals surface area contributed by atoms with Crippen LogP contribution in [-0.4, -0.2) is 33.1 Å². The van der Waals surface area contributed by atoms with Crippen LogP contribution in [-0.2, 0) is 9.47 Å². The molecule has 0 aliphatic rings. The zero-order valence-electron chi connectivity index (χ0n) is 10.0. The van der Waals surface area contributed by atoms with Crippen LogP contribution in [0.2, 0.25) is 0 Å². The molecule has 0 aromatic heterocycles. The lowest BCUT2D eigenvalue weighted by molar-refractivity contribution is 0.380. The Morgan fingerprint density at radius 1 is 1.00 bits per heavy atom. The summed E-state index contributed by atoms with van der Waals surface area (Å²) in [6.07, 6.45) is 6.06. The van der Waals surface area contributed by atoms with Crippen LogP contribution in [0.25, 0.3) is 0 Å². The van der Waals surface area contributed by atoms with Crippen molar-refractivity contribution in [2.45, 2.75) is 38.5 Å². The smallest absolute Gasteiger partial charge is 0.182 e. The van der Waals surface area contributed by atoms with Gasteiger partial charge in [0.1, 0.15) is 0 Å². The minimum atomic E-state index is 0.378. The Labute approximate surface area is 92.2 Å². The highest BCUT2D eigenvalue weighted by Crippen LogP contribution is 2.07. The number of methoxy groups -OCH3 is 2. The van der Waals surface area contributed by atoms with Gasteiger partial charge in [0.25, 0.3) is 0 Å². The highest BCUT2D eigenvalue weighted by molar-refractivity contribution is 5.75. The van der Waals surface area contributed by atoms with E-state index in [-0.39, 0.29) is 0 Å². The van der Waals surface area contributed by atoms with Crippen molar-refractivity contribution in [3.05, 3.63) is 0 Å². The molecule has 0 radical (unpaired) electrons. The molecule has 4 heteroatoms. The first-order valence-electron chi connectivity index (χ1n) is 5.35. The SMILES string of the molecule is C/N=C(/CCCCCCC(=N)OC)OC. The Morgan fingerprint density at radius 3 is 2.07 bits per heavy atom. The molecular formula is C11H22N2O2. The van der Waals surface area contributed by atoms with E-state index < -0.39 is 0 Å². The minimum Gasteiger partial charge on any atom is -0.484 e. The molecule has 0 fully saturated rings. The molecule has 0 atom stereocenters. The van der Waals surface area contributed by atoms with Gasteiger partial charge in [-0.25, -0.2) is 0 Å². The average molecular weight is 214 g/mol. The van der Waals surface area contributed by atoms with Gasteiger partial charge in [-0.05, 0) is 12.8 Å². The molecule has 0 aromatic rings. The highest BCUT2D eigenvalue weighted by Gasteiger charge is 1.98. The number of rotatable bonds is 7. The summed E-state index contributed by atoms with van der Waals surface area (Å²) >= 11 is 0. The maximum atomic E-state index is 7.28. The largest absolute Gasteiger partial charge is 0.484 e. The molecule has 0 aliphatic heterocycles. The first-order valence-corrected chi connectivity index (χ1v) is 5.35. The minimum absolute atomic E-state index is 0.378. The van der Waals surface area contributed by atoms with Gasteiger partial charge in [0.15, 0.2) is 11.8 Å². The van der Waals surface area contributed by atoms with E-state index >= 15 is 0 Å². The number of unbranched alkanes of at least 4 members (excludes halogenated alkanes) is 3. The van der Waals surface area contributed by atoms with Crippen molar-refractivity contribution in [1.82, 2.24) is 0 Å². The van der Waals surface area contributed by atoms with E-state index in [9.17, 15) is 0 Å². The summed E-state index contributed by atoms with van der Waals surface area (Å²) in [6.45, 7) is 0. The summed E-state index contributed by atoms with van der Waals surface area (Å²) in [4.78, 5) is 4.01. The summed E-state index contributed by atoms with van der Waals surface area (Å²) in [5, 5.41) is 7.28. The molecule has 15 heavy (non-hydrogen) atoms. The zero-order valence-corrected chi connectivity index (χ0v) is 10.0. The van der Waals surface area contributed by atoms with Crippen molar-refractivity contribution < 1.29 is 9.47 Å². The fourth-order valence-corrected chi connectivity index (χ4v) is 1.32. The van der Waals surface area contributed by atoms with E-state index in [1.54, 1.807) is 21.3 Å². The van der Waals surface area contributed by atoms with E-state index in [4.69, 9.17) is 14.9 Å². The van der Waals surface area contributed by atoms with E-state index in [2.05, 4.69) is 4.99 Å². The topological polar surface area (TPSA) is 54.7 Å². The molecule has 88 valence electrons. The first kappa shape index (κ1) is 13.9. The third kappa shape index (κ3) is 7.97. The molecule has 0 rings (SSSR count). The van der Waals surface area contributed by atoms with E-state index in [1.165, 1.54) is 0 Å². The Balaban J connectivity index is 3.28. The van der Waals surface area contributed by atoms with Crippen LogP contribution in [0.15, 0.2) is 4.99 Å². The summed E-state index contributed by atoms with van der Waals surface area (Å²) in [5.74, 6) is 1.20. The first-order chi connectivity index (χ1) is 7.24. The number of hydrogen-bond acceptors (Lipinski definition) is 4. The standard InChI is InChI=1S/C11H22N2O2/c1-13-11(15-3)9-7-5-4-6-8-10(12)14-2/h12H,4-9H2,1-3H3/b12-10?,13-11-. The molecule has 4 nitrogen and oxygen atoms in total. The van der Waals surface area contributed by atoms with Crippen molar-refractivity contribution in [2.75, 3.05) is 21.3 Å². The van der Waals surface area contributed by atoms with Gasteiger partial charge in [0, 0.05) is 19.9 Å². The third-order valence-electron chi connectivity index (χ3n) is 2.28. The normalized spacial score (nSPS) is 11.3. The molecule has 0 unspecified atom stereocenters. The van der Waals surface area contributed by atoms with Gasteiger partial charge in [-0.3, -0.25) is 10.4 Å². The van der Waals surface area contributed by atoms with E-state index in [1.807, 2.05) is 0 Å². The van der Waals surface area contributed by atoms with Crippen LogP contribution < -0.4 is 0 Å². The van der Waals surface area contributed by atoms with Gasteiger partial charge in [-0.1, -0.05) is 12.8 Å². The Bertz CT molecular complexity index is 203. The fourth-order valence-electron chi connectivity index (χ4n) is 1.32. The van der Waals surface area contributed by atoms with Gasteiger partial charge in [0.05, 0.1) is 14.2 Å². The number of hydrogen-bond donors (Lipinski definition) is 1. The van der Waals surface area contributed by atoms with Gasteiger partial charge in [-0.15, -0.1) is 0 Å². The number of nitrogens with one attached hydrogen (secondary N) is 1. The van der Waals surface area contributed by atoms with Gasteiger partial charge >= 0.3 is 0 Å². The molecule has 0 aromatic carbocycles. The maximum absolute atomic E-state index is 7.28. The molecular weight excluding hydrogens is 192 g/mol. The van der Waals surface area contributed by atoms with Crippen molar-refractivity contribution >= 4 is 11.8 Å². The van der Waals surface area contributed by atoms with Crippen molar-refractivity contribution in [3.8, 4) is 0 Å². The molecule has 1 N–H and O–H groups in total. The lowest BCUT2D eigenvalue weighted by Gasteiger charge is -2.04. The number of nitrogens with zero attached hydrogens (tertiary/aromatic N) is 1. The third-order valence-corrected chi connectivity index (χ3v) is 2.28. The average Bonchev–Trinajstić information content (AvgIpc) is 2.28. The fraction of sp³-hybridized carbons (Fsp3) is 0.818. The van der Waals surface area contributed by atoms with Crippen LogP contribution in [0.5, 0.6) is 0 Å². The summed E-state index contributed by atoms with van der Waals surface area (Å²) in [7, 11) is 4.95. The number of ether oxygens (including phenoxy) is 2. The van der Waals surface area contributed by atoms with Crippen molar-refractivity contribution in [3.63, 3.8) is 0 Å². The lowest BCUT2D eigenvalue weighted by Crippen LogP contribution is -2.01. The Morgan fingerprint density at radius 2 is 1.60 bits per heavy atom. The van der Waals surface area contributed by atoms with Crippen LogP contribution in [0.4, 0.5) is 0 Å². The Kier molecular flexibility index (Phi) is 8.82. The number of aliphatic imine (C=N–C) groups is 1. The van der Waals surface area contributed by atoms with E-state index in [0.717, 1.165) is 44.4 Å². The monoisotopic (exact) mass is 214 g/mol. The molecule has 0 heterocycles. The quantitative estimate of drug-likeness (QED) is 0.402. The van der Waals surface area contributed by atoms with Crippen molar-refractivity contribution in [2.24, 2.45) is 4.99 Å². The molecule has 0 saturated heterocycles. The van der Waals surface area contributed by atoms with Crippen LogP contribution in [0.3, 0.4) is 0 Å². The van der Waals surface area contributed by atoms with Gasteiger partial charge in [-0.2, -0.15) is 0 Å². The van der Waals surface area contributed by atoms with Crippen LogP contribution >= 0.6 is 0 Å². The summed E-state index contributed by atoms with van der Waals surface area (Å²) < 4.78 is 9.83. The van der Waals surface area contributed by atoms with Crippen molar-refractivity contribution in [1.29, 1.82) is 5.41 Å². The molecule has 0 aliphatic carbocycles. The second-order valence-corrected chi connectivity index (χ2v) is 3.36. The molecule has 0 bridgehead atoms. The van der Waals surface area contributed by atoms with Gasteiger partial charge in [0.2, 0.25) is 0 Å². The lowest BCUT2D eigenvalue weighted by atomic mass is 10.1. The maximum Gasteiger partial charge on any atom is 0.182 e. The second kappa shape index (κ2) is 9.49. The second-order valence-electron chi connectivity index (χ2n) is 3.36. The van der Waals surface area contributed by atoms with E-state index in [0.29, 0.717) is 5.90 Å². The van der Waals surface area contributed by atoms with Crippen LogP contribution in [0, 0.1) is 5.41 Å².